The van der Waals surface area contributed by atoms with Crippen molar-refractivity contribution in [2.24, 2.45) is 0 Å². The molecule has 0 unspecified atom stereocenters. The summed E-state index contributed by atoms with van der Waals surface area (Å²) in [6, 6.07) is 9.96. The van der Waals surface area contributed by atoms with Gasteiger partial charge >= 0.3 is 0 Å². The van der Waals surface area contributed by atoms with E-state index in [1.165, 1.54) is 0 Å². The molecular weight excluding hydrogens is 569 g/mol. The zero-order valence-corrected chi connectivity index (χ0v) is 24.7. The first-order valence-electron chi connectivity index (χ1n) is 23.5. The lowest BCUT2D eigenvalue weighted by molar-refractivity contribution is 0.670. The number of furan rings is 1. The van der Waals surface area contributed by atoms with E-state index in [1.807, 2.05) is 48.5 Å². The zero-order chi connectivity index (χ0) is 46.0. The molecule has 1 aromatic heterocycles. The molecule has 222 valence electrons. The number of rotatable bonds is 6. The fourth-order valence-corrected chi connectivity index (χ4v) is 6.27. The van der Waals surface area contributed by atoms with Crippen LogP contribution in [-0.4, -0.2) is 0 Å². The highest BCUT2D eigenvalue weighted by Gasteiger charge is 2.16. The molecule has 47 heavy (non-hydrogen) atoms. The molecule has 0 amide bonds. The van der Waals surface area contributed by atoms with Gasteiger partial charge in [0.05, 0.1) is 23.3 Å². The molecule has 0 aliphatic heterocycles. The summed E-state index contributed by atoms with van der Waals surface area (Å²) in [6.45, 7) is 0. The van der Waals surface area contributed by atoms with E-state index in [1.54, 1.807) is 18.2 Å². The Morgan fingerprint density at radius 1 is 0.447 bits per heavy atom. The highest BCUT2D eigenvalue weighted by Crippen LogP contribution is 2.39. The predicted octanol–water partition coefficient (Wildman–Crippen LogP) is 12.4. The monoisotopic (exact) mass is 617 g/mol. The van der Waals surface area contributed by atoms with Crippen LogP contribution < -0.4 is 0 Å². The Morgan fingerprint density at radius 2 is 1.09 bits per heavy atom. The summed E-state index contributed by atoms with van der Waals surface area (Å²) >= 11 is 0. The van der Waals surface area contributed by atoms with Gasteiger partial charge in [-0.25, -0.2) is 0 Å². The summed E-state index contributed by atoms with van der Waals surface area (Å²) in [7, 11) is 0. The molecule has 1 heterocycles. The van der Waals surface area contributed by atoms with Crippen LogP contribution in [0.5, 0.6) is 0 Å². The lowest BCUT2D eigenvalue weighted by Gasteiger charge is -2.17. The first-order chi connectivity index (χ1) is 30.4. The minimum absolute atomic E-state index is 0.0262. The molecule has 9 aromatic rings. The standard InChI is InChI=1S/C46H32O/c1-3-13-31(14-4-1)28-42-37-19-7-9-21-39(37)43(40-22-10-8-20-38(40)42)29-32-15-11-18-34(27-32)35-25-26-45-44(30-35)41-24-12-23-36(46(41)47-45)33-16-5-2-6-17-33/h1-27,30H,28-29H2/i1D,3D,4D,7D,8D,9D,10D,11D,13D,14D,15D,18D,19D,20D,21D,22D,27D. The molecule has 0 saturated carbocycles. The van der Waals surface area contributed by atoms with E-state index in [-0.39, 0.29) is 55.4 Å². The van der Waals surface area contributed by atoms with Gasteiger partial charge in [-0.1, -0.05) is 157 Å². The van der Waals surface area contributed by atoms with Gasteiger partial charge in [0.25, 0.3) is 0 Å². The second-order valence-electron chi connectivity index (χ2n) is 11.1. The Bertz CT molecular complexity index is 3420. The van der Waals surface area contributed by atoms with E-state index in [2.05, 4.69) is 0 Å². The van der Waals surface area contributed by atoms with Crippen LogP contribution in [0.1, 0.15) is 45.6 Å². The second-order valence-corrected chi connectivity index (χ2v) is 11.1. The number of hydrogen-bond acceptors (Lipinski definition) is 1. The second kappa shape index (κ2) is 11.5. The van der Waals surface area contributed by atoms with Gasteiger partial charge in [0.2, 0.25) is 0 Å². The van der Waals surface area contributed by atoms with Crippen molar-refractivity contribution >= 4 is 43.5 Å². The summed E-state index contributed by atoms with van der Waals surface area (Å²) < 4.78 is 157. The predicted molar refractivity (Wildman–Crippen MR) is 198 cm³/mol. The summed E-state index contributed by atoms with van der Waals surface area (Å²) in [4.78, 5) is 0. The third-order valence-corrected chi connectivity index (χ3v) is 8.39. The van der Waals surface area contributed by atoms with Crippen molar-refractivity contribution in [1.29, 1.82) is 0 Å². The molecule has 0 N–H and O–H groups in total. The number of benzene rings is 8. The number of fused-ring (bicyclic) bond motifs is 5. The lowest BCUT2D eigenvalue weighted by atomic mass is 9.86. The normalized spacial score (nSPS) is 16.6. The van der Waals surface area contributed by atoms with Crippen LogP contribution in [0, 0.1) is 0 Å². The summed E-state index contributed by atoms with van der Waals surface area (Å²) in [6.07, 6.45) is -1.17. The highest BCUT2D eigenvalue weighted by atomic mass is 16.3. The van der Waals surface area contributed by atoms with E-state index in [0.29, 0.717) is 22.1 Å². The molecule has 0 aliphatic rings. The molecule has 9 rings (SSSR count). The zero-order valence-electron chi connectivity index (χ0n) is 41.7. The Morgan fingerprint density at radius 3 is 1.79 bits per heavy atom. The summed E-state index contributed by atoms with van der Waals surface area (Å²) in [5.74, 6) is 0. The Hall–Kier alpha value is -5.92. The van der Waals surface area contributed by atoms with Gasteiger partial charge in [-0.05, 0) is 85.5 Å². The maximum absolute atomic E-state index is 9.61. The number of hydrogen-bond donors (Lipinski definition) is 0. The summed E-state index contributed by atoms with van der Waals surface area (Å²) in [5, 5.41) is 0.426. The van der Waals surface area contributed by atoms with Crippen molar-refractivity contribution in [3.05, 3.63) is 192 Å². The average Bonchev–Trinajstić information content (AvgIpc) is 3.67. The van der Waals surface area contributed by atoms with Crippen molar-refractivity contribution in [3.63, 3.8) is 0 Å². The third-order valence-electron chi connectivity index (χ3n) is 8.39. The van der Waals surface area contributed by atoms with Crippen LogP contribution in [-0.2, 0) is 12.8 Å². The maximum Gasteiger partial charge on any atom is 0.143 e. The van der Waals surface area contributed by atoms with Gasteiger partial charge in [0.15, 0.2) is 0 Å². The largest absolute Gasteiger partial charge is 0.455 e. The quantitative estimate of drug-likeness (QED) is 0.169. The molecule has 0 aliphatic carbocycles. The smallest absolute Gasteiger partial charge is 0.143 e. The van der Waals surface area contributed by atoms with Crippen molar-refractivity contribution in [2.45, 2.75) is 12.8 Å². The Balaban J connectivity index is 1.34. The first kappa shape index (κ1) is 15.1. The van der Waals surface area contributed by atoms with E-state index in [9.17, 15) is 6.85 Å². The van der Waals surface area contributed by atoms with Crippen molar-refractivity contribution in [1.82, 2.24) is 0 Å². The molecule has 0 spiro atoms. The van der Waals surface area contributed by atoms with Crippen molar-refractivity contribution in [2.75, 3.05) is 0 Å². The first-order valence-corrected chi connectivity index (χ1v) is 15.0. The van der Waals surface area contributed by atoms with Gasteiger partial charge in [-0.2, -0.15) is 0 Å². The Kier molecular flexibility index (Phi) is 3.69. The van der Waals surface area contributed by atoms with Gasteiger partial charge in [-0.3, -0.25) is 0 Å². The lowest BCUT2D eigenvalue weighted by Crippen LogP contribution is -1.98. The maximum atomic E-state index is 9.61. The summed E-state index contributed by atoms with van der Waals surface area (Å²) in [5.41, 5.74) is 2.52. The topological polar surface area (TPSA) is 13.1 Å². The minimum atomic E-state index is -0.708. The van der Waals surface area contributed by atoms with Gasteiger partial charge < -0.3 is 4.42 Å². The third kappa shape index (κ3) is 4.88. The van der Waals surface area contributed by atoms with Crippen molar-refractivity contribution in [3.8, 4) is 22.3 Å². The molecule has 8 aromatic carbocycles. The van der Waals surface area contributed by atoms with Crippen LogP contribution >= 0.6 is 0 Å². The van der Waals surface area contributed by atoms with E-state index in [0.717, 1.165) is 16.5 Å². The fourth-order valence-electron chi connectivity index (χ4n) is 6.27. The Labute approximate surface area is 298 Å². The molecule has 1 heteroatoms. The molecule has 0 radical (unpaired) electrons. The number of para-hydroxylation sites is 1. The van der Waals surface area contributed by atoms with E-state index in [4.69, 9.17) is 20.9 Å². The van der Waals surface area contributed by atoms with Crippen LogP contribution in [0.3, 0.4) is 0 Å². The highest BCUT2D eigenvalue weighted by molar-refractivity contribution is 6.10. The van der Waals surface area contributed by atoms with E-state index >= 15 is 0 Å². The SMILES string of the molecule is [2H]c1c([2H])c([2H])c(Cc2c3c([2H])c([2H])c([2H])c([2H])c3c(Cc3c([2H])c([2H])c([2H])c(-c4ccc5oc6c(-c7ccccc7)cccc6c5c4)c3[2H])c3c([2H])c([2H])c([2H])c([2H])c23)c([2H])c1[2H]. The molecule has 0 fully saturated rings. The van der Waals surface area contributed by atoms with Crippen LogP contribution in [0.4, 0.5) is 0 Å². The molecule has 0 saturated heterocycles. The van der Waals surface area contributed by atoms with Crippen LogP contribution in [0.15, 0.2) is 174 Å². The molecule has 1 nitrogen and oxygen atoms in total. The average molecular weight is 618 g/mol. The van der Waals surface area contributed by atoms with Crippen LogP contribution in [0.25, 0.3) is 65.7 Å². The fraction of sp³-hybridized carbons (Fsp3) is 0.0435. The van der Waals surface area contributed by atoms with Crippen LogP contribution in [0.2, 0.25) is 0 Å². The van der Waals surface area contributed by atoms with Gasteiger partial charge in [-0.15, -0.1) is 0 Å². The minimum Gasteiger partial charge on any atom is -0.455 e. The molecule has 0 bridgehead atoms. The molecule has 0 atom stereocenters. The van der Waals surface area contributed by atoms with Gasteiger partial charge in [0.1, 0.15) is 11.2 Å². The molecular formula is C46H32O. The van der Waals surface area contributed by atoms with Gasteiger partial charge in [0, 0.05) is 16.3 Å². The van der Waals surface area contributed by atoms with Crippen molar-refractivity contribution < 1.29 is 27.7 Å². The van der Waals surface area contributed by atoms with E-state index < -0.39 is 110 Å².